The van der Waals surface area contributed by atoms with Crippen LogP contribution in [0.4, 0.5) is 0 Å². The number of sulfonamides is 1. The third-order valence-corrected chi connectivity index (χ3v) is 5.65. The van der Waals surface area contributed by atoms with Gasteiger partial charge in [-0.3, -0.25) is 0 Å². The standard InChI is InChI=1S/C11H22N2O2S/c1-2-3-6-16(14,15)13-7-10(9-4-5-9)11(12)8-13/h9-11H,2-8,12H2,1H3/t10-,11+/m1/s1. The van der Waals surface area contributed by atoms with Crippen molar-refractivity contribution in [3.8, 4) is 0 Å². The number of unbranched alkanes of at least 4 members (excludes halogenated alkanes) is 1. The summed E-state index contributed by atoms with van der Waals surface area (Å²) in [6, 6.07) is 0.0592. The summed E-state index contributed by atoms with van der Waals surface area (Å²) in [5.74, 6) is 1.39. The normalized spacial score (nSPS) is 32.1. The highest BCUT2D eigenvalue weighted by molar-refractivity contribution is 7.89. The highest BCUT2D eigenvalue weighted by Gasteiger charge is 2.43. The van der Waals surface area contributed by atoms with Crippen LogP contribution in [0.2, 0.25) is 0 Å². The molecule has 1 aliphatic heterocycles. The molecule has 0 aromatic heterocycles. The molecule has 0 spiro atoms. The van der Waals surface area contributed by atoms with Crippen LogP contribution in [0.5, 0.6) is 0 Å². The minimum absolute atomic E-state index is 0.0592. The molecule has 0 aromatic rings. The topological polar surface area (TPSA) is 63.4 Å². The van der Waals surface area contributed by atoms with Crippen LogP contribution < -0.4 is 5.73 Å². The summed E-state index contributed by atoms with van der Waals surface area (Å²) in [4.78, 5) is 0. The lowest BCUT2D eigenvalue weighted by Crippen LogP contribution is -2.33. The van der Waals surface area contributed by atoms with Gasteiger partial charge < -0.3 is 5.73 Å². The van der Waals surface area contributed by atoms with Gasteiger partial charge in [-0.2, -0.15) is 0 Å². The average molecular weight is 246 g/mol. The fourth-order valence-corrected chi connectivity index (χ4v) is 4.23. The van der Waals surface area contributed by atoms with Crippen molar-refractivity contribution in [1.82, 2.24) is 4.31 Å². The lowest BCUT2D eigenvalue weighted by Gasteiger charge is -2.15. The van der Waals surface area contributed by atoms with E-state index in [1.807, 2.05) is 6.92 Å². The van der Waals surface area contributed by atoms with Crippen molar-refractivity contribution in [3.63, 3.8) is 0 Å². The van der Waals surface area contributed by atoms with Gasteiger partial charge in [0, 0.05) is 19.1 Å². The molecule has 0 bridgehead atoms. The van der Waals surface area contributed by atoms with Gasteiger partial charge in [0.1, 0.15) is 0 Å². The monoisotopic (exact) mass is 246 g/mol. The summed E-state index contributed by atoms with van der Waals surface area (Å²) >= 11 is 0. The SMILES string of the molecule is CCCCS(=O)(=O)N1C[C@H](C2CC2)[C@@H](N)C1. The molecule has 0 radical (unpaired) electrons. The Kier molecular flexibility index (Phi) is 3.56. The molecule has 0 amide bonds. The van der Waals surface area contributed by atoms with E-state index in [2.05, 4.69) is 0 Å². The molecule has 2 aliphatic rings. The van der Waals surface area contributed by atoms with Crippen LogP contribution in [0.1, 0.15) is 32.6 Å². The summed E-state index contributed by atoms with van der Waals surface area (Å²) in [5, 5.41) is 0. The Morgan fingerprint density at radius 3 is 2.56 bits per heavy atom. The molecule has 2 N–H and O–H groups in total. The van der Waals surface area contributed by atoms with Crippen LogP contribution in [0, 0.1) is 11.8 Å². The molecule has 1 saturated carbocycles. The molecule has 0 aromatic carbocycles. The molecular weight excluding hydrogens is 224 g/mol. The molecule has 94 valence electrons. The van der Waals surface area contributed by atoms with Crippen molar-refractivity contribution in [3.05, 3.63) is 0 Å². The summed E-state index contributed by atoms with van der Waals surface area (Å²) in [6.45, 7) is 3.21. The van der Waals surface area contributed by atoms with E-state index >= 15 is 0 Å². The van der Waals surface area contributed by atoms with Gasteiger partial charge >= 0.3 is 0 Å². The maximum absolute atomic E-state index is 12.0. The summed E-state index contributed by atoms with van der Waals surface area (Å²) < 4.78 is 25.6. The Morgan fingerprint density at radius 1 is 1.31 bits per heavy atom. The molecule has 16 heavy (non-hydrogen) atoms. The third-order valence-electron chi connectivity index (χ3n) is 3.76. The van der Waals surface area contributed by atoms with Crippen molar-refractivity contribution in [2.75, 3.05) is 18.8 Å². The van der Waals surface area contributed by atoms with Crippen LogP contribution in [0.3, 0.4) is 0 Å². The minimum atomic E-state index is -3.04. The summed E-state index contributed by atoms with van der Waals surface area (Å²) in [7, 11) is -3.04. The number of nitrogens with zero attached hydrogens (tertiary/aromatic N) is 1. The van der Waals surface area contributed by atoms with E-state index in [9.17, 15) is 8.42 Å². The summed E-state index contributed by atoms with van der Waals surface area (Å²) in [5.41, 5.74) is 6.03. The Morgan fingerprint density at radius 2 is 2.00 bits per heavy atom. The minimum Gasteiger partial charge on any atom is -0.326 e. The van der Waals surface area contributed by atoms with Gasteiger partial charge in [0.25, 0.3) is 0 Å². The van der Waals surface area contributed by atoms with Gasteiger partial charge in [0.2, 0.25) is 10.0 Å². The Labute approximate surface area is 98.2 Å². The Bertz CT molecular complexity index is 338. The average Bonchev–Trinajstić information content (AvgIpc) is 2.99. The van der Waals surface area contributed by atoms with E-state index in [0.29, 0.717) is 24.9 Å². The van der Waals surface area contributed by atoms with Crippen LogP contribution in [-0.4, -0.2) is 37.6 Å². The van der Waals surface area contributed by atoms with Crippen LogP contribution in [-0.2, 0) is 10.0 Å². The zero-order chi connectivity index (χ0) is 11.8. The molecule has 5 heteroatoms. The Balaban J connectivity index is 1.95. The number of hydrogen-bond acceptors (Lipinski definition) is 3. The third kappa shape index (κ3) is 2.57. The second kappa shape index (κ2) is 4.63. The van der Waals surface area contributed by atoms with Crippen molar-refractivity contribution in [2.24, 2.45) is 17.6 Å². The second-order valence-electron chi connectivity index (χ2n) is 5.15. The van der Waals surface area contributed by atoms with Crippen molar-refractivity contribution in [2.45, 2.75) is 38.6 Å². The zero-order valence-electron chi connectivity index (χ0n) is 9.93. The molecule has 1 saturated heterocycles. The fourth-order valence-electron chi connectivity index (χ4n) is 2.52. The van der Waals surface area contributed by atoms with Gasteiger partial charge in [0.05, 0.1) is 5.75 Å². The van der Waals surface area contributed by atoms with E-state index in [1.54, 1.807) is 4.31 Å². The maximum atomic E-state index is 12.0. The molecule has 2 atom stereocenters. The number of nitrogens with two attached hydrogens (primary N) is 1. The van der Waals surface area contributed by atoms with Gasteiger partial charge in [-0.05, 0) is 31.1 Å². The predicted octanol–water partition coefficient (Wildman–Crippen LogP) is 0.785. The molecule has 2 rings (SSSR count). The first-order chi connectivity index (χ1) is 7.54. The predicted molar refractivity (Wildman–Crippen MR) is 64.5 cm³/mol. The van der Waals surface area contributed by atoms with Crippen molar-refractivity contribution >= 4 is 10.0 Å². The van der Waals surface area contributed by atoms with Gasteiger partial charge in [-0.1, -0.05) is 13.3 Å². The number of rotatable bonds is 5. The zero-order valence-corrected chi connectivity index (χ0v) is 10.7. The molecule has 1 heterocycles. The van der Waals surface area contributed by atoms with Gasteiger partial charge in [0.15, 0.2) is 0 Å². The highest BCUT2D eigenvalue weighted by atomic mass is 32.2. The fraction of sp³-hybridized carbons (Fsp3) is 1.00. The molecular formula is C11H22N2O2S. The van der Waals surface area contributed by atoms with Gasteiger partial charge in [-0.15, -0.1) is 0 Å². The smallest absolute Gasteiger partial charge is 0.214 e. The second-order valence-corrected chi connectivity index (χ2v) is 7.24. The van der Waals surface area contributed by atoms with E-state index in [0.717, 1.165) is 12.8 Å². The molecule has 1 aliphatic carbocycles. The molecule has 2 fully saturated rings. The lowest BCUT2D eigenvalue weighted by atomic mass is 9.99. The first-order valence-electron chi connectivity index (χ1n) is 6.28. The van der Waals surface area contributed by atoms with E-state index in [4.69, 9.17) is 5.73 Å². The maximum Gasteiger partial charge on any atom is 0.214 e. The van der Waals surface area contributed by atoms with Crippen molar-refractivity contribution < 1.29 is 8.42 Å². The lowest BCUT2D eigenvalue weighted by molar-refractivity contribution is 0.427. The molecule has 0 unspecified atom stereocenters. The van der Waals surface area contributed by atoms with Crippen LogP contribution in [0.25, 0.3) is 0 Å². The quantitative estimate of drug-likeness (QED) is 0.780. The highest BCUT2D eigenvalue weighted by Crippen LogP contribution is 2.41. The van der Waals surface area contributed by atoms with Crippen molar-refractivity contribution in [1.29, 1.82) is 0 Å². The van der Waals surface area contributed by atoms with Crippen LogP contribution >= 0.6 is 0 Å². The summed E-state index contributed by atoms with van der Waals surface area (Å²) in [6.07, 6.45) is 4.15. The van der Waals surface area contributed by atoms with E-state index < -0.39 is 10.0 Å². The van der Waals surface area contributed by atoms with E-state index in [-0.39, 0.29) is 11.8 Å². The number of hydrogen-bond donors (Lipinski definition) is 1. The molecule has 4 nitrogen and oxygen atoms in total. The van der Waals surface area contributed by atoms with Gasteiger partial charge in [-0.25, -0.2) is 12.7 Å². The van der Waals surface area contributed by atoms with E-state index in [1.165, 1.54) is 12.8 Å². The first kappa shape index (κ1) is 12.3. The van der Waals surface area contributed by atoms with Crippen LogP contribution in [0.15, 0.2) is 0 Å². The largest absolute Gasteiger partial charge is 0.326 e. The first-order valence-corrected chi connectivity index (χ1v) is 7.89. The Hall–Kier alpha value is -0.130.